The van der Waals surface area contributed by atoms with E-state index in [1.165, 1.54) is 17.0 Å². The Morgan fingerprint density at radius 1 is 0.911 bits per heavy atom. The van der Waals surface area contributed by atoms with Crippen LogP contribution in [0.1, 0.15) is 17.5 Å². The Hall–Kier alpha value is -5.51. The van der Waals surface area contributed by atoms with E-state index in [2.05, 4.69) is 10.3 Å². The number of pyridine rings is 1. The van der Waals surface area contributed by atoms with Crippen LogP contribution in [0, 0.1) is 0 Å². The number of phenolic OH excluding ortho intramolecular Hbond substituents is 1. The molecule has 3 amide bonds. The summed E-state index contributed by atoms with van der Waals surface area (Å²) >= 11 is 0. The number of fused-ring (bicyclic) bond motifs is 1. The second kappa shape index (κ2) is 13.0. The Morgan fingerprint density at radius 2 is 1.67 bits per heavy atom. The van der Waals surface area contributed by atoms with Crippen molar-refractivity contribution >= 4 is 23.7 Å². The van der Waals surface area contributed by atoms with Gasteiger partial charge in [-0.05, 0) is 59.0 Å². The van der Waals surface area contributed by atoms with Crippen LogP contribution in [0.3, 0.4) is 0 Å². The number of hydrogen-bond acceptors (Lipinski definition) is 7. The molecule has 10 heteroatoms. The Balaban J connectivity index is 1.16. The quantitative estimate of drug-likeness (QED) is 0.313. The maximum atomic E-state index is 14.0. The second-order valence-electron chi connectivity index (χ2n) is 11.2. The molecule has 2 saturated heterocycles. The molecule has 2 aliphatic heterocycles. The minimum Gasteiger partial charge on any atom is -0.508 e. The van der Waals surface area contributed by atoms with Crippen LogP contribution in [0.4, 0.5) is 4.79 Å². The van der Waals surface area contributed by atoms with Crippen molar-refractivity contribution < 1.29 is 29.0 Å². The summed E-state index contributed by atoms with van der Waals surface area (Å²) in [6.45, 7) is 0.175. The van der Waals surface area contributed by atoms with Gasteiger partial charge in [-0.1, -0.05) is 60.7 Å². The smallest absolute Gasteiger partial charge is 0.413 e. The van der Waals surface area contributed by atoms with Gasteiger partial charge in [0.05, 0.1) is 19.0 Å². The van der Waals surface area contributed by atoms with E-state index in [4.69, 9.17) is 4.74 Å². The lowest BCUT2D eigenvalue weighted by Gasteiger charge is -2.28. The molecule has 2 N–H and O–H groups in total. The summed E-state index contributed by atoms with van der Waals surface area (Å²) in [6.07, 6.45) is 3.02. The van der Waals surface area contributed by atoms with E-state index in [1.807, 2.05) is 42.5 Å². The minimum absolute atomic E-state index is 0.0229. The number of carbonyl (C=O) groups excluding carboxylic acids is 4. The Bertz CT molecular complexity index is 1700. The predicted molar refractivity (Wildman–Crippen MR) is 165 cm³/mol. The summed E-state index contributed by atoms with van der Waals surface area (Å²) in [5.74, 6) is -0.561. The number of ketones is 1. The molecule has 0 bridgehead atoms. The van der Waals surface area contributed by atoms with Crippen LogP contribution in [0.5, 0.6) is 11.5 Å². The number of Topliss-reactive ketones (excluding diaryl/α,β-unsaturated/α-hetero) is 1. The first-order chi connectivity index (χ1) is 21.9. The number of phenols is 1. The fourth-order valence-corrected chi connectivity index (χ4v) is 6.11. The highest BCUT2D eigenvalue weighted by Crippen LogP contribution is 2.31. The largest absolute Gasteiger partial charge is 0.508 e. The molecule has 45 heavy (non-hydrogen) atoms. The standard InChI is InChI=1S/C35H32N4O6/c40-27-10-4-6-23(18-27)19-29(37-35(44)45-28-13-11-26(12-14-28)25-8-2-1-3-9-25)34(43)38-17-15-30-33(38)31(41)22-39(30)32(42)20-24-7-5-16-36-21-24/h1-14,16,18,21,29-30,33,40H,15,17,19-20,22H2,(H,37,44). The molecule has 6 rings (SSSR count). The van der Waals surface area contributed by atoms with Crippen molar-refractivity contribution in [2.24, 2.45) is 0 Å². The third-order valence-corrected chi connectivity index (χ3v) is 8.22. The Kier molecular flexibility index (Phi) is 8.54. The van der Waals surface area contributed by atoms with Crippen LogP contribution < -0.4 is 10.1 Å². The van der Waals surface area contributed by atoms with Gasteiger partial charge in [-0.2, -0.15) is 0 Å². The van der Waals surface area contributed by atoms with Crippen molar-refractivity contribution in [3.05, 3.63) is 115 Å². The number of aromatic hydroxyl groups is 1. The first-order valence-corrected chi connectivity index (χ1v) is 14.8. The summed E-state index contributed by atoms with van der Waals surface area (Å²) in [5, 5.41) is 12.7. The third kappa shape index (κ3) is 6.70. The molecule has 0 aliphatic carbocycles. The van der Waals surface area contributed by atoms with Crippen LogP contribution >= 0.6 is 0 Å². The summed E-state index contributed by atoms with van der Waals surface area (Å²) in [6, 6.07) is 24.4. The van der Waals surface area contributed by atoms with Crippen LogP contribution in [-0.4, -0.2) is 74.8 Å². The number of carbonyl (C=O) groups is 4. The summed E-state index contributed by atoms with van der Waals surface area (Å²) < 4.78 is 5.53. The molecule has 2 aliphatic rings. The number of ether oxygens (including phenoxy) is 1. The van der Waals surface area contributed by atoms with Crippen molar-refractivity contribution in [3.63, 3.8) is 0 Å². The van der Waals surface area contributed by atoms with E-state index in [0.29, 0.717) is 17.7 Å². The Morgan fingerprint density at radius 3 is 2.40 bits per heavy atom. The molecule has 3 atom stereocenters. The van der Waals surface area contributed by atoms with E-state index < -0.39 is 30.1 Å². The van der Waals surface area contributed by atoms with E-state index in [0.717, 1.165) is 16.7 Å². The molecule has 3 unspecified atom stereocenters. The van der Waals surface area contributed by atoms with Gasteiger partial charge in [0.1, 0.15) is 23.6 Å². The van der Waals surface area contributed by atoms with E-state index in [1.54, 1.807) is 53.7 Å². The molecule has 0 saturated carbocycles. The molecular weight excluding hydrogens is 572 g/mol. The number of hydrogen-bond donors (Lipinski definition) is 2. The number of benzene rings is 3. The molecule has 0 radical (unpaired) electrons. The number of amides is 3. The highest BCUT2D eigenvalue weighted by atomic mass is 16.6. The zero-order valence-electron chi connectivity index (χ0n) is 24.4. The van der Waals surface area contributed by atoms with Crippen LogP contribution in [0.15, 0.2) is 103 Å². The fourth-order valence-electron chi connectivity index (χ4n) is 6.11. The molecule has 1 aromatic heterocycles. The molecule has 3 heterocycles. The maximum Gasteiger partial charge on any atom is 0.413 e. The highest BCUT2D eigenvalue weighted by molar-refractivity contribution is 5.99. The van der Waals surface area contributed by atoms with Gasteiger partial charge in [0.2, 0.25) is 11.8 Å². The minimum atomic E-state index is -1.09. The lowest BCUT2D eigenvalue weighted by Crippen LogP contribution is -2.53. The molecule has 228 valence electrons. The number of nitrogens with one attached hydrogen (secondary N) is 1. The van der Waals surface area contributed by atoms with Gasteiger partial charge in [-0.15, -0.1) is 0 Å². The number of aromatic nitrogens is 1. The molecule has 10 nitrogen and oxygen atoms in total. The van der Waals surface area contributed by atoms with Crippen LogP contribution in [0.25, 0.3) is 11.1 Å². The average molecular weight is 605 g/mol. The van der Waals surface area contributed by atoms with E-state index in [9.17, 15) is 24.3 Å². The number of likely N-dealkylation sites (tertiary alicyclic amines) is 2. The van der Waals surface area contributed by atoms with Crippen molar-refractivity contribution in [2.45, 2.75) is 37.4 Å². The third-order valence-electron chi connectivity index (χ3n) is 8.22. The molecule has 4 aromatic rings. The summed E-state index contributed by atoms with van der Waals surface area (Å²) in [7, 11) is 0. The van der Waals surface area contributed by atoms with Gasteiger partial charge >= 0.3 is 6.09 Å². The maximum absolute atomic E-state index is 14.0. The lowest BCUT2D eigenvalue weighted by atomic mass is 10.0. The zero-order valence-corrected chi connectivity index (χ0v) is 24.4. The SMILES string of the molecule is O=C(NC(Cc1cccc(O)c1)C(=O)N1CCC2C1C(=O)CN2C(=O)Cc1cccnc1)Oc1ccc(-c2ccccc2)cc1. The van der Waals surface area contributed by atoms with E-state index >= 15 is 0 Å². The first kappa shape index (κ1) is 29.6. The second-order valence-corrected chi connectivity index (χ2v) is 11.2. The molecule has 0 spiro atoms. The Labute approximate surface area is 260 Å². The van der Waals surface area contributed by atoms with Crippen LogP contribution in [-0.2, 0) is 27.2 Å². The van der Waals surface area contributed by atoms with Crippen molar-refractivity contribution in [1.29, 1.82) is 0 Å². The molecule has 2 fully saturated rings. The first-order valence-electron chi connectivity index (χ1n) is 14.8. The molecular formula is C35H32N4O6. The van der Waals surface area contributed by atoms with E-state index in [-0.39, 0.29) is 43.4 Å². The topological polar surface area (TPSA) is 129 Å². The van der Waals surface area contributed by atoms with Crippen molar-refractivity contribution in [3.8, 4) is 22.6 Å². The van der Waals surface area contributed by atoms with Gasteiger partial charge in [-0.25, -0.2) is 4.79 Å². The van der Waals surface area contributed by atoms with Gasteiger partial charge in [-0.3, -0.25) is 19.4 Å². The normalized spacial score (nSPS) is 17.9. The fraction of sp³-hybridized carbons (Fsp3) is 0.229. The lowest BCUT2D eigenvalue weighted by molar-refractivity contribution is -0.138. The average Bonchev–Trinajstić information content (AvgIpc) is 3.63. The number of rotatable bonds is 8. The number of nitrogens with zero attached hydrogens (tertiary/aromatic N) is 3. The van der Waals surface area contributed by atoms with Gasteiger partial charge in [0.25, 0.3) is 0 Å². The highest BCUT2D eigenvalue weighted by Gasteiger charge is 2.52. The van der Waals surface area contributed by atoms with Gasteiger partial charge in [0, 0.05) is 25.4 Å². The predicted octanol–water partition coefficient (Wildman–Crippen LogP) is 3.78. The zero-order chi connectivity index (χ0) is 31.3. The van der Waals surface area contributed by atoms with Crippen molar-refractivity contribution in [2.75, 3.05) is 13.1 Å². The summed E-state index contributed by atoms with van der Waals surface area (Å²) in [5.41, 5.74) is 3.33. The monoisotopic (exact) mass is 604 g/mol. The van der Waals surface area contributed by atoms with Crippen LogP contribution in [0.2, 0.25) is 0 Å². The van der Waals surface area contributed by atoms with Gasteiger partial charge < -0.3 is 25.0 Å². The van der Waals surface area contributed by atoms with Crippen molar-refractivity contribution in [1.82, 2.24) is 20.1 Å². The molecule has 3 aromatic carbocycles. The van der Waals surface area contributed by atoms with Gasteiger partial charge in [0.15, 0.2) is 5.78 Å². The summed E-state index contributed by atoms with van der Waals surface area (Å²) in [4.78, 5) is 60.5.